The molecule has 154 valence electrons. The fourth-order valence-corrected chi connectivity index (χ4v) is 4.38. The largest absolute Gasteiger partial charge is 0.493 e. The summed E-state index contributed by atoms with van der Waals surface area (Å²) >= 11 is 5.94. The summed E-state index contributed by atoms with van der Waals surface area (Å²) in [5.41, 5.74) is 3.85. The average Bonchev–Trinajstić information content (AvgIpc) is 3.19. The Hall–Kier alpha value is -2.08. The number of rotatable bonds is 6. The minimum Gasteiger partial charge on any atom is -0.493 e. The molecule has 1 amide bonds. The zero-order valence-corrected chi connectivity index (χ0v) is 17.8. The summed E-state index contributed by atoms with van der Waals surface area (Å²) < 4.78 is 5.60. The molecule has 4 rings (SSSR count). The molecule has 0 unspecified atom stereocenters. The molecule has 2 aliphatic heterocycles. The van der Waals surface area contributed by atoms with Crippen molar-refractivity contribution in [3.05, 3.63) is 64.2 Å². The summed E-state index contributed by atoms with van der Waals surface area (Å²) in [6, 6.07) is 14.3. The van der Waals surface area contributed by atoms with E-state index in [1.54, 1.807) is 4.90 Å². The number of hydrogen-bond acceptors (Lipinski definition) is 2. The van der Waals surface area contributed by atoms with Crippen molar-refractivity contribution in [1.29, 1.82) is 0 Å². The third-order valence-corrected chi connectivity index (χ3v) is 6.28. The maximum Gasteiger partial charge on any atom is 0.277 e. The van der Waals surface area contributed by atoms with E-state index in [1.165, 1.54) is 16.0 Å². The van der Waals surface area contributed by atoms with Crippen LogP contribution in [-0.2, 0) is 24.3 Å². The van der Waals surface area contributed by atoms with Crippen molar-refractivity contribution in [2.75, 3.05) is 46.4 Å². The van der Waals surface area contributed by atoms with Gasteiger partial charge in [-0.1, -0.05) is 23.7 Å². The Morgan fingerprint density at radius 2 is 1.72 bits per heavy atom. The van der Waals surface area contributed by atoms with Crippen LogP contribution in [0.1, 0.15) is 16.7 Å². The number of nitrogens with one attached hydrogen (secondary N) is 2. The van der Waals surface area contributed by atoms with Gasteiger partial charge in [-0.15, -0.1) is 0 Å². The summed E-state index contributed by atoms with van der Waals surface area (Å²) in [5, 5.41) is 0.723. The molecule has 1 fully saturated rings. The van der Waals surface area contributed by atoms with Crippen molar-refractivity contribution in [2.24, 2.45) is 0 Å². The van der Waals surface area contributed by atoms with E-state index < -0.39 is 0 Å². The smallest absolute Gasteiger partial charge is 0.277 e. The Morgan fingerprint density at radius 1 is 1.03 bits per heavy atom. The van der Waals surface area contributed by atoms with Crippen LogP contribution in [0.2, 0.25) is 5.02 Å². The summed E-state index contributed by atoms with van der Waals surface area (Å²) in [5.74, 6) is 1.26. The van der Waals surface area contributed by atoms with Crippen molar-refractivity contribution >= 4 is 17.5 Å². The van der Waals surface area contributed by atoms with Crippen LogP contribution in [0.4, 0.5) is 0 Å². The van der Waals surface area contributed by atoms with E-state index in [0.717, 1.165) is 62.1 Å². The summed E-state index contributed by atoms with van der Waals surface area (Å²) in [6.45, 7) is 7.39. The molecule has 0 aromatic heterocycles. The van der Waals surface area contributed by atoms with Crippen LogP contribution in [-0.4, -0.2) is 57.2 Å². The normalized spacial score (nSPS) is 20.8. The number of piperazine rings is 1. The van der Waals surface area contributed by atoms with Crippen molar-refractivity contribution in [1.82, 2.24) is 4.90 Å². The summed E-state index contributed by atoms with van der Waals surface area (Å²) in [7, 11) is 1.88. The minimum atomic E-state index is 0.206. The van der Waals surface area contributed by atoms with Gasteiger partial charge >= 0.3 is 0 Å². The van der Waals surface area contributed by atoms with E-state index in [1.807, 2.05) is 36.2 Å². The molecule has 2 N–H and O–H groups in total. The quantitative estimate of drug-likeness (QED) is 0.708. The highest BCUT2D eigenvalue weighted by Crippen LogP contribution is 2.25. The zero-order valence-electron chi connectivity index (χ0n) is 17.0. The molecule has 0 spiro atoms. The van der Waals surface area contributed by atoms with Crippen LogP contribution in [0, 0.1) is 0 Å². The third-order valence-electron chi connectivity index (χ3n) is 6.03. The van der Waals surface area contributed by atoms with E-state index in [4.69, 9.17) is 16.3 Å². The Balaban J connectivity index is 1.22. The van der Waals surface area contributed by atoms with E-state index in [9.17, 15) is 4.79 Å². The summed E-state index contributed by atoms with van der Waals surface area (Å²) in [4.78, 5) is 17.4. The lowest BCUT2D eigenvalue weighted by atomic mass is 10.1. The highest BCUT2D eigenvalue weighted by molar-refractivity contribution is 6.30. The van der Waals surface area contributed by atoms with Gasteiger partial charge in [0, 0.05) is 30.6 Å². The lowest BCUT2D eigenvalue weighted by molar-refractivity contribution is -1.02. The molecule has 2 aromatic rings. The monoisotopic (exact) mass is 415 g/mol. The first kappa shape index (κ1) is 20.2. The van der Waals surface area contributed by atoms with Gasteiger partial charge in [0.15, 0.2) is 6.54 Å². The maximum absolute atomic E-state index is 12.6. The number of nitrogens with zero attached hydrogens (tertiary/aromatic N) is 1. The Kier molecular flexibility index (Phi) is 6.38. The number of carbonyl (C=O) groups excluding carboxylic acids is 1. The third kappa shape index (κ3) is 5.30. The van der Waals surface area contributed by atoms with E-state index >= 15 is 0 Å². The molecule has 2 aliphatic rings. The molecule has 2 heterocycles. The van der Waals surface area contributed by atoms with Crippen molar-refractivity contribution in [3.8, 4) is 5.75 Å². The fraction of sp³-hybridized carbons (Fsp3) is 0.435. The topological polar surface area (TPSA) is 38.4 Å². The molecule has 0 aliphatic carbocycles. The number of benzene rings is 2. The second-order valence-corrected chi connectivity index (χ2v) is 8.71. The van der Waals surface area contributed by atoms with Gasteiger partial charge in [-0.3, -0.25) is 4.79 Å². The van der Waals surface area contributed by atoms with Crippen LogP contribution in [0.15, 0.2) is 42.5 Å². The van der Waals surface area contributed by atoms with Crippen LogP contribution in [0.5, 0.6) is 5.75 Å². The molecule has 6 heteroatoms. The van der Waals surface area contributed by atoms with Gasteiger partial charge in [0.25, 0.3) is 5.91 Å². The van der Waals surface area contributed by atoms with Crippen LogP contribution in [0.25, 0.3) is 0 Å². The highest BCUT2D eigenvalue weighted by atomic mass is 35.5. The van der Waals surface area contributed by atoms with Crippen LogP contribution < -0.4 is 14.5 Å². The van der Waals surface area contributed by atoms with Crippen molar-refractivity contribution in [3.63, 3.8) is 0 Å². The number of halogens is 1. The molecular weight excluding hydrogens is 386 g/mol. The zero-order chi connectivity index (χ0) is 20.2. The number of amides is 1. The van der Waals surface area contributed by atoms with Gasteiger partial charge in [0.2, 0.25) is 0 Å². The van der Waals surface area contributed by atoms with Crippen molar-refractivity contribution < 1.29 is 19.3 Å². The molecule has 1 saturated heterocycles. The molecule has 0 bridgehead atoms. The number of hydrogen-bond donors (Lipinski definition) is 2. The molecule has 2 aromatic carbocycles. The van der Waals surface area contributed by atoms with Gasteiger partial charge in [-0.2, -0.15) is 0 Å². The van der Waals surface area contributed by atoms with Gasteiger partial charge in [-0.25, -0.2) is 0 Å². The van der Waals surface area contributed by atoms with Crippen LogP contribution >= 0.6 is 11.6 Å². The number of carbonyl (C=O) groups is 1. The lowest BCUT2D eigenvalue weighted by Gasteiger charge is -2.30. The van der Waals surface area contributed by atoms with E-state index in [0.29, 0.717) is 13.1 Å². The molecule has 0 saturated carbocycles. The lowest BCUT2D eigenvalue weighted by Crippen LogP contribution is -3.28. The molecular formula is C23H30ClN3O2+2. The Morgan fingerprint density at radius 3 is 2.48 bits per heavy atom. The minimum absolute atomic E-state index is 0.206. The number of ether oxygens (including phenoxy) is 1. The van der Waals surface area contributed by atoms with Gasteiger partial charge in [-0.05, 0) is 41.5 Å². The maximum atomic E-state index is 12.6. The van der Waals surface area contributed by atoms with Crippen molar-refractivity contribution in [2.45, 2.75) is 19.5 Å². The van der Waals surface area contributed by atoms with Crippen LogP contribution in [0.3, 0.4) is 0 Å². The number of fused-ring (bicyclic) bond motifs is 1. The summed E-state index contributed by atoms with van der Waals surface area (Å²) in [6.07, 6.45) is 1.03. The first-order valence-electron chi connectivity index (χ1n) is 10.5. The van der Waals surface area contributed by atoms with E-state index in [-0.39, 0.29) is 5.91 Å². The van der Waals surface area contributed by atoms with Gasteiger partial charge in [0.05, 0.1) is 6.61 Å². The first-order valence-corrected chi connectivity index (χ1v) is 10.8. The first-order chi connectivity index (χ1) is 14.1. The highest BCUT2D eigenvalue weighted by Gasteiger charge is 2.26. The fourth-order valence-electron chi connectivity index (χ4n) is 4.25. The second-order valence-electron chi connectivity index (χ2n) is 8.27. The Labute approximate surface area is 177 Å². The standard InChI is InChI=1S/C23H28ClN3O2/c1-25(15-18-2-5-21(24)6-3-18)23(28)17-27-11-9-26(10-12-27)16-19-4-7-22-20(14-19)8-13-29-22/h2-7,14H,8-13,15-17H2,1H3/p+2. The molecule has 0 radical (unpaired) electrons. The number of likely N-dealkylation sites (N-methyl/N-ethyl adjacent to an activating group) is 1. The second kappa shape index (κ2) is 9.16. The molecule has 5 nitrogen and oxygen atoms in total. The van der Waals surface area contributed by atoms with Gasteiger partial charge < -0.3 is 19.4 Å². The number of quaternary nitrogens is 2. The molecule has 29 heavy (non-hydrogen) atoms. The predicted octanol–water partition coefficient (Wildman–Crippen LogP) is 0.217. The van der Waals surface area contributed by atoms with Gasteiger partial charge in [0.1, 0.15) is 38.5 Å². The Bertz CT molecular complexity index is 848. The predicted molar refractivity (Wildman–Crippen MR) is 114 cm³/mol. The molecule has 0 atom stereocenters. The SMILES string of the molecule is CN(Cc1ccc(Cl)cc1)C(=O)C[NH+]1CC[NH+](Cc2ccc3c(c2)CCO3)CC1. The van der Waals surface area contributed by atoms with E-state index in [2.05, 4.69) is 18.2 Å². The average molecular weight is 416 g/mol.